The van der Waals surface area contributed by atoms with E-state index in [4.69, 9.17) is 0 Å². The minimum absolute atomic E-state index is 0.00106. The van der Waals surface area contributed by atoms with Crippen LogP contribution in [-0.4, -0.2) is 40.0 Å². The van der Waals surface area contributed by atoms with E-state index in [1.54, 1.807) is 6.20 Å². The number of rotatable bonds is 3. The van der Waals surface area contributed by atoms with Crippen LogP contribution in [0.3, 0.4) is 0 Å². The predicted molar refractivity (Wildman–Crippen MR) is 86.8 cm³/mol. The summed E-state index contributed by atoms with van der Waals surface area (Å²) in [4.78, 5) is 26.6. The number of H-pyrrole nitrogens is 1. The third kappa shape index (κ3) is 2.93. The first kappa shape index (κ1) is 14.2. The van der Waals surface area contributed by atoms with Gasteiger partial charge in [-0.25, -0.2) is 0 Å². The number of aromatic nitrogens is 2. The lowest BCUT2D eigenvalue weighted by molar-refractivity contribution is -0.135. The highest BCUT2D eigenvalue weighted by molar-refractivity contribution is 5.95. The number of nitrogens with one attached hydrogen (secondary N) is 2. The second-order valence-electron chi connectivity index (χ2n) is 6.56. The summed E-state index contributed by atoms with van der Waals surface area (Å²) in [5.74, 6) is 0.343. The van der Waals surface area contributed by atoms with E-state index in [0.717, 1.165) is 48.8 Å². The van der Waals surface area contributed by atoms with Gasteiger partial charge in [-0.05, 0) is 43.9 Å². The molecule has 4 rings (SSSR count). The van der Waals surface area contributed by atoms with Crippen molar-refractivity contribution in [2.45, 2.75) is 25.7 Å². The van der Waals surface area contributed by atoms with E-state index in [1.807, 2.05) is 23.1 Å². The van der Waals surface area contributed by atoms with Gasteiger partial charge in [0.15, 0.2) is 0 Å². The molecule has 2 fully saturated rings. The number of likely N-dealkylation sites (tertiary alicyclic amines) is 1. The molecule has 0 bridgehead atoms. The van der Waals surface area contributed by atoms with E-state index in [2.05, 4.69) is 15.5 Å². The molecule has 2 N–H and O–H groups in total. The summed E-state index contributed by atoms with van der Waals surface area (Å²) in [6, 6.07) is 5.68. The number of carbonyl (C=O) groups excluding carboxylic acids is 2. The van der Waals surface area contributed by atoms with Crippen molar-refractivity contribution in [3.8, 4) is 0 Å². The van der Waals surface area contributed by atoms with Gasteiger partial charge in [0.25, 0.3) is 0 Å². The number of hydrogen-bond donors (Lipinski definition) is 2. The maximum atomic E-state index is 12.5. The Morgan fingerprint density at radius 3 is 2.91 bits per heavy atom. The molecule has 2 aromatic rings. The zero-order chi connectivity index (χ0) is 15.8. The van der Waals surface area contributed by atoms with Crippen LogP contribution in [0.25, 0.3) is 10.9 Å². The largest absolute Gasteiger partial charge is 0.342 e. The van der Waals surface area contributed by atoms with Crippen molar-refractivity contribution in [2.75, 3.05) is 18.4 Å². The fraction of sp³-hybridized carbons (Fsp3) is 0.471. The van der Waals surface area contributed by atoms with E-state index in [9.17, 15) is 9.59 Å². The molecular formula is C17H20N4O2. The molecule has 1 saturated heterocycles. The highest BCUT2D eigenvalue weighted by atomic mass is 16.2. The van der Waals surface area contributed by atoms with Crippen molar-refractivity contribution >= 4 is 28.4 Å². The molecule has 2 aliphatic rings. The van der Waals surface area contributed by atoms with Gasteiger partial charge in [-0.3, -0.25) is 14.7 Å². The third-order valence-electron chi connectivity index (χ3n) is 4.74. The van der Waals surface area contributed by atoms with Gasteiger partial charge < -0.3 is 10.2 Å². The predicted octanol–water partition coefficient (Wildman–Crippen LogP) is 2.15. The number of carbonyl (C=O) groups is 2. The summed E-state index contributed by atoms with van der Waals surface area (Å²) in [5, 5.41) is 10.8. The van der Waals surface area contributed by atoms with Crippen LogP contribution >= 0.6 is 0 Å². The summed E-state index contributed by atoms with van der Waals surface area (Å²) in [6.45, 7) is 1.34. The molecule has 1 aromatic carbocycles. The number of benzene rings is 1. The Morgan fingerprint density at radius 1 is 1.22 bits per heavy atom. The minimum Gasteiger partial charge on any atom is -0.342 e. The number of fused-ring (bicyclic) bond motifs is 1. The van der Waals surface area contributed by atoms with Gasteiger partial charge >= 0.3 is 0 Å². The summed E-state index contributed by atoms with van der Waals surface area (Å²) in [7, 11) is 0. The van der Waals surface area contributed by atoms with Crippen molar-refractivity contribution in [1.82, 2.24) is 15.1 Å². The first-order chi connectivity index (χ1) is 11.2. The molecule has 0 radical (unpaired) electrons. The van der Waals surface area contributed by atoms with Gasteiger partial charge in [0.2, 0.25) is 11.8 Å². The molecule has 23 heavy (non-hydrogen) atoms. The van der Waals surface area contributed by atoms with E-state index in [-0.39, 0.29) is 23.7 Å². The van der Waals surface area contributed by atoms with E-state index >= 15 is 0 Å². The maximum absolute atomic E-state index is 12.5. The van der Waals surface area contributed by atoms with Crippen molar-refractivity contribution in [1.29, 1.82) is 0 Å². The number of nitrogens with zero attached hydrogens (tertiary/aromatic N) is 2. The molecule has 2 amide bonds. The summed E-state index contributed by atoms with van der Waals surface area (Å²) >= 11 is 0. The smallest absolute Gasteiger partial charge is 0.229 e. The Hall–Kier alpha value is -2.37. The molecule has 1 atom stereocenters. The molecule has 1 aliphatic carbocycles. The van der Waals surface area contributed by atoms with Crippen molar-refractivity contribution < 1.29 is 9.59 Å². The topological polar surface area (TPSA) is 78.1 Å². The highest BCUT2D eigenvalue weighted by Crippen LogP contribution is 2.32. The van der Waals surface area contributed by atoms with Crippen LogP contribution in [0.15, 0.2) is 24.4 Å². The van der Waals surface area contributed by atoms with Gasteiger partial charge in [0.05, 0.1) is 17.6 Å². The number of piperidine rings is 1. The Bertz CT molecular complexity index is 750. The van der Waals surface area contributed by atoms with Crippen molar-refractivity contribution in [3.63, 3.8) is 0 Å². The SMILES string of the molecule is O=C(Nc1ccc2[nH]ncc2c1)C1CCCN(C(=O)C2CC2)C1. The Balaban J connectivity index is 1.42. The number of anilines is 1. The molecule has 1 unspecified atom stereocenters. The number of amides is 2. The molecule has 1 aromatic heterocycles. The van der Waals surface area contributed by atoms with Crippen molar-refractivity contribution in [2.24, 2.45) is 11.8 Å². The lowest BCUT2D eigenvalue weighted by atomic mass is 9.96. The monoisotopic (exact) mass is 312 g/mol. The normalized spacial score (nSPS) is 21.4. The van der Waals surface area contributed by atoms with Crippen molar-refractivity contribution in [3.05, 3.63) is 24.4 Å². The number of aromatic amines is 1. The van der Waals surface area contributed by atoms with Gasteiger partial charge in [-0.15, -0.1) is 0 Å². The van der Waals surface area contributed by atoms with E-state index in [0.29, 0.717) is 6.54 Å². The van der Waals surface area contributed by atoms with Crippen LogP contribution in [0.2, 0.25) is 0 Å². The Kier molecular flexibility index (Phi) is 3.52. The summed E-state index contributed by atoms with van der Waals surface area (Å²) in [5.41, 5.74) is 1.72. The molecule has 6 nitrogen and oxygen atoms in total. The lowest BCUT2D eigenvalue weighted by Gasteiger charge is -2.32. The van der Waals surface area contributed by atoms with Crippen LogP contribution in [0, 0.1) is 11.8 Å². The summed E-state index contributed by atoms with van der Waals surface area (Å²) < 4.78 is 0. The van der Waals surface area contributed by atoms with Crippen LogP contribution in [0.5, 0.6) is 0 Å². The first-order valence-electron chi connectivity index (χ1n) is 8.23. The van der Waals surface area contributed by atoms with Gasteiger partial charge in [-0.1, -0.05) is 0 Å². The van der Waals surface area contributed by atoms with E-state index < -0.39 is 0 Å². The Labute approximate surface area is 134 Å². The molecule has 0 spiro atoms. The molecule has 2 heterocycles. The molecule has 6 heteroatoms. The standard InChI is InChI=1S/C17H20N4O2/c22-16(19-14-5-6-15-13(8-14)9-18-20-15)12-2-1-7-21(10-12)17(23)11-3-4-11/h5-6,8-9,11-12H,1-4,7,10H2,(H,18,20)(H,19,22). The van der Waals surface area contributed by atoms with E-state index in [1.165, 1.54) is 0 Å². The maximum Gasteiger partial charge on any atom is 0.229 e. The summed E-state index contributed by atoms with van der Waals surface area (Å²) in [6.07, 6.45) is 5.50. The second-order valence-corrected chi connectivity index (χ2v) is 6.56. The fourth-order valence-corrected chi connectivity index (χ4v) is 3.24. The quantitative estimate of drug-likeness (QED) is 0.911. The van der Waals surface area contributed by atoms with Crippen LogP contribution < -0.4 is 5.32 Å². The molecule has 120 valence electrons. The average molecular weight is 312 g/mol. The van der Waals surface area contributed by atoms with Gasteiger partial charge in [0.1, 0.15) is 0 Å². The van der Waals surface area contributed by atoms with Gasteiger partial charge in [-0.2, -0.15) is 5.10 Å². The van der Waals surface area contributed by atoms with Crippen LogP contribution in [0.4, 0.5) is 5.69 Å². The average Bonchev–Trinajstić information content (AvgIpc) is 3.32. The zero-order valence-corrected chi connectivity index (χ0v) is 12.9. The fourth-order valence-electron chi connectivity index (χ4n) is 3.24. The molecule has 1 saturated carbocycles. The minimum atomic E-state index is -0.119. The zero-order valence-electron chi connectivity index (χ0n) is 12.9. The highest BCUT2D eigenvalue weighted by Gasteiger charge is 2.36. The third-order valence-corrected chi connectivity index (χ3v) is 4.74. The van der Waals surface area contributed by atoms with Gasteiger partial charge in [0, 0.05) is 30.1 Å². The molecular weight excluding hydrogens is 292 g/mol. The number of hydrogen-bond acceptors (Lipinski definition) is 3. The molecule has 1 aliphatic heterocycles. The first-order valence-corrected chi connectivity index (χ1v) is 8.23. The van der Waals surface area contributed by atoms with Crippen LogP contribution in [-0.2, 0) is 9.59 Å². The second kappa shape index (κ2) is 5.68. The lowest BCUT2D eigenvalue weighted by Crippen LogP contribution is -2.44. The Morgan fingerprint density at radius 2 is 2.09 bits per heavy atom. The van der Waals surface area contributed by atoms with Crippen LogP contribution in [0.1, 0.15) is 25.7 Å².